The van der Waals surface area contributed by atoms with Gasteiger partial charge in [-0.15, -0.1) is 0 Å². The van der Waals surface area contributed by atoms with E-state index in [-0.39, 0.29) is 18.9 Å². The second kappa shape index (κ2) is 62.2. The molecule has 9 N–H and O–H groups in total. The van der Waals surface area contributed by atoms with E-state index < -0.39 is 86.8 Å². The summed E-state index contributed by atoms with van der Waals surface area (Å²) in [5.41, 5.74) is 0. The van der Waals surface area contributed by atoms with Crippen LogP contribution in [-0.2, 0) is 23.7 Å². The highest BCUT2D eigenvalue weighted by molar-refractivity contribution is 5.76. The number of aliphatic hydroxyl groups is 8. The van der Waals surface area contributed by atoms with Gasteiger partial charge in [0.2, 0.25) is 5.91 Å². The number of aliphatic hydroxyl groups excluding tert-OH is 8. The van der Waals surface area contributed by atoms with Gasteiger partial charge in [-0.05, 0) is 83.5 Å². The summed E-state index contributed by atoms with van der Waals surface area (Å²) < 4.78 is 22.9. The fourth-order valence-electron chi connectivity index (χ4n) is 11.8. The van der Waals surface area contributed by atoms with Crippen molar-refractivity contribution in [3.05, 3.63) is 109 Å². The summed E-state index contributed by atoms with van der Waals surface area (Å²) in [5, 5.41) is 87.6. The van der Waals surface area contributed by atoms with Gasteiger partial charge >= 0.3 is 0 Å². The number of carbonyl (C=O) groups is 1. The zero-order valence-corrected chi connectivity index (χ0v) is 58.5. The summed E-state index contributed by atoms with van der Waals surface area (Å²) >= 11 is 0. The molecule has 2 saturated heterocycles. The number of amides is 1. The van der Waals surface area contributed by atoms with Crippen LogP contribution in [0.5, 0.6) is 0 Å². The van der Waals surface area contributed by atoms with Crippen molar-refractivity contribution >= 4 is 5.91 Å². The van der Waals surface area contributed by atoms with Gasteiger partial charge < -0.3 is 65.1 Å². The van der Waals surface area contributed by atoms with E-state index in [2.05, 4.69) is 116 Å². The minimum atomic E-state index is -1.80. The highest BCUT2D eigenvalue weighted by atomic mass is 16.7. The lowest BCUT2D eigenvalue weighted by Gasteiger charge is -2.46. The first-order valence-electron chi connectivity index (χ1n) is 37.6. The molecule has 2 aliphatic rings. The molecular weight excluding hydrogens is 1170 g/mol. The molecule has 0 radical (unpaired) electrons. The number of hydrogen-bond donors (Lipinski definition) is 9. The third-order valence-corrected chi connectivity index (χ3v) is 17.7. The average molecular weight is 1310 g/mol. The Bertz CT molecular complexity index is 1980. The molecule has 2 fully saturated rings. The maximum absolute atomic E-state index is 13.4. The molecule has 2 heterocycles. The van der Waals surface area contributed by atoms with Crippen molar-refractivity contribution in [3.63, 3.8) is 0 Å². The normalized spacial score (nSPS) is 23.2. The van der Waals surface area contributed by atoms with Gasteiger partial charge in [0.1, 0.15) is 48.8 Å². The number of allylic oxidation sites excluding steroid dienone is 17. The van der Waals surface area contributed by atoms with Crippen LogP contribution in [0.15, 0.2) is 109 Å². The van der Waals surface area contributed by atoms with Gasteiger partial charge in [0, 0.05) is 6.42 Å². The number of hydrogen-bond acceptors (Lipinski definition) is 13. The molecule has 12 unspecified atom stereocenters. The quantitative estimate of drug-likeness (QED) is 0.0204. The topological polar surface area (TPSA) is 228 Å². The minimum absolute atomic E-state index is 0.245. The second-order valence-corrected chi connectivity index (χ2v) is 26.0. The van der Waals surface area contributed by atoms with Crippen molar-refractivity contribution in [1.29, 1.82) is 0 Å². The van der Waals surface area contributed by atoms with Crippen LogP contribution < -0.4 is 5.32 Å². The first-order chi connectivity index (χ1) is 45.6. The zero-order chi connectivity index (χ0) is 67.3. The van der Waals surface area contributed by atoms with Crippen LogP contribution in [-0.4, -0.2) is 140 Å². The van der Waals surface area contributed by atoms with Crippen LogP contribution >= 0.6 is 0 Å². The summed E-state index contributed by atoms with van der Waals surface area (Å²) in [6.45, 7) is 2.69. The Hall–Kier alpha value is -3.35. The van der Waals surface area contributed by atoms with Gasteiger partial charge in [-0.25, -0.2) is 0 Å². The molecular formula is C79H137NO13. The van der Waals surface area contributed by atoms with Crippen LogP contribution in [0.25, 0.3) is 0 Å². The molecule has 2 rings (SSSR count). The highest BCUT2D eigenvalue weighted by Gasteiger charge is 2.51. The lowest BCUT2D eigenvalue weighted by Crippen LogP contribution is -2.65. The van der Waals surface area contributed by atoms with Crippen molar-refractivity contribution in [2.75, 3.05) is 19.8 Å². The molecule has 0 aromatic heterocycles. The predicted molar refractivity (Wildman–Crippen MR) is 382 cm³/mol. The van der Waals surface area contributed by atoms with Gasteiger partial charge in [-0.2, -0.15) is 0 Å². The largest absolute Gasteiger partial charge is 0.394 e. The van der Waals surface area contributed by atoms with Crippen molar-refractivity contribution < 1.29 is 64.6 Å². The lowest BCUT2D eigenvalue weighted by atomic mass is 9.97. The molecule has 0 aliphatic carbocycles. The third-order valence-electron chi connectivity index (χ3n) is 17.7. The van der Waals surface area contributed by atoms with E-state index in [0.29, 0.717) is 6.42 Å². The fourth-order valence-corrected chi connectivity index (χ4v) is 11.8. The SMILES string of the molecule is CC/C=C\C/C=C\C/C=C\C/C=C\C/C=C\C/C=C\C/C=C\C/C=C\CCCCCCC(=O)NC(COC1OC(CO)C(OC2OC(CO)C(O)C(O)C2O)C(O)C1O)C(O)/C=C/CCCCCCCCCCCCCCCCCCCCCCCCCCCCCC. The number of nitrogens with one attached hydrogen (secondary N) is 1. The zero-order valence-electron chi connectivity index (χ0n) is 58.5. The smallest absolute Gasteiger partial charge is 0.220 e. The molecule has 2 aliphatic heterocycles. The summed E-state index contributed by atoms with van der Waals surface area (Å²) in [6.07, 6.45) is 72.9. The van der Waals surface area contributed by atoms with Crippen molar-refractivity contribution in [2.24, 2.45) is 0 Å². The second-order valence-electron chi connectivity index (χ2n) is 26.0. The molecule has 14 heteroatoms. The third kappa shape index (κ3) is 45.7. The van der Waals surface area contributed by atoms with E-state index in [1.165, 1.54) is 167 Å². The van der Waals surface area contributed by atoms with Crippen LogP contribution in [0.4, 0.5) is 0 Å². The minimum Gasteiger partial charge on any atom is -0.394 e. The van der Waals surface area contributed by atoms with Crippen LogP contribution in [0.1, 0.15) is 290 Å². The number of carbonyl (C=O) groups excluding carboxylic acids is 1. The van der Waals surface area contributed by atoms with E-state index in [0.717, 1.165) is 96.3 Å². The van der Waals surface area contributed by atoms with Gasteiger partial charge in [-0.3, -0.25) is 4.79 Å². The van der Waals surface area contributed by atoms with Gasteiger partial charge in [0.05, 0.1) is 32.0 Å². The molecule has 14 nitrogen and oxygen atoms in total. The molecule has 536 valence electrons. The molecule has 0 spiro atoms. The van der Waals surface area contributed by atoms with Crippen molar-refractivity contribution in [2.45, 2.75) is 364 Å². The molecule has 93 heavy (non-hydrogen) atoms. The van der Waals surface area contributed by atoms with Gasteiger partial charge in [0.25, 0.3) is 0 Å². The molecule has 0 bridgehead atoms. The van der Waals surface area contributed by atoms with Crippen LogP contribution in [0.2, 0.25) is 0 Å². The van der Waals surface area contributed by atoms with E-state index in [4.69, 9.17) is 18.9 Å². The highest BCUT2D eigenvalue weighted by Crippen LogP contribution is 2.30. The summed E-state index contributed by atoms with van der Waals surface area (Å²) in [6, 6.07) is -0.939. The number of rotatable bonds is 61. The molecule has 0 aromatic rings. The summed E-state index contributed by atoms with van der Waals surface area (Å²) in [4.78, 5) is 13.4. The van der Waals surface area contributed by atoms with Crippen LogP contribution in [0.3, 0.4) is 0 Å². The maximum atomic E-state index is 13.4. The summed E-state index contributed by atoms with van der Waals surface area (Å²) in [7, 11) is 0. The Balaban J connectivity index is 1.68. The Labute approximate surface area is 566 Å². The standard InChI is InChI=1S/C79H137NO13/c1-3-5-7-9-11-13-15-17-19-21-23-25-27-29-31-33-35-36-38-40-42-44-46-48-50-52-54-56-58-60-62-68(83)67(66-90-78-76(89)74(87)77(70(65-82)92-78)93-79-75(88)73(86)72(85)69(64-81)91-79)80-71(84)63-61-59-57-55-53-51-49-47-45-43-41-39-37-34-32-30-28-26-24-22-20-18-16-14-12-10-8-6-4-2/h6,8,12,14,18,20,24,26,30,32,37,39,43,45,49,51,60,62,67-70,72-79,81-83,85-89H,3-5,7,9-11,13,15-17,19,21-23,25,27-29,31,33-36,38,40-42,44,46-48,50,52-59,61,63-66H2,1-2H3,(H,80,84)/b8-6-,14-12-,20-18-,26-24-,32-30-,39-37-,45-43-,51-49-,62-60+. The maximum Gasteiger partial charge on any atom is 0.220 e. The Morgan fingerprint density at radius 1 is 0.398 bits per heavy atom. The van der Waals surface area contributed by atoms with E-state index in [1.807, 2.05) is 6.08 Å². The molecule has 12 atom stereocenters. The predicted octanol–water partition coefficient (Wildman–Crippen LogP) is 16.3. The van der Waals surface area contributed by atoms with Crippen molar-refractivity contribution in [3.8, 4) is 0 Å². The molecule has 1 amide bonds. The Morgan fingerprint density at radius 2 is 0.742 bits per heavy atom. The molecule has 0 saturated carbocycles. The molecule has 0 aromatic carbocycles. The summed E-state index contributed by atoms with van der Waals surface area (Å²) in [5.74, 6) is -0.265. The number of ether oxygens (including phenoxy) is 4. The van der Waals surface area contributed by atoms with Crippen LogP contribution in [0, 0.1) is 0 Å². The fraction of sp³-hybridized carbons (Fsp3) is 0.759. The Morgan fingerprint density at radius 3 is 1.14 bits per heavy atom. The lowest BCUT2D eigenvalue weighted by molar-refractivity contribution is -0.359. The first kappa shape index (κ1) is 85.7. The monoisotopic (exact) mass is 1310 g/mol. The Kier molecular flexibility index (Phi) is 57.3. The van der Waals surface area contributed by atoms with E-state index in [1.54, 1.807) is 6.08 Å². The van der Waals surface area contributed by atoms with E-state index in [9.17, 15) is 45.6 Å². The number of unbranched alkanes of at least 4 members (excludes halogenated alkanes) is 32. The van der Waals surface area contributed by atoms with Gasteiger partial charge in [-0.1, -0.05) is 309 Å². The van der Waals surface area contributed by atoms with E-state index >= 15 is 0 Å². The van der Waals surface area contributed by atoms with Crippen molar-refractivity contribution in [1.82, 2.24) is 5.32 Å². The average Bonchev–Trinajstić information content (AvgIpc) is 0.854. The van der Waals surface area contributed by atoms with Gasteiger partial charge in [0.15, 0.2) is 12.6 Å². The first-order valence-corrected chi connectivity index (χ1v) is 37.6.